The van der Waals surface area contributed by atoms with E-state index in [4.69, 9.17) is 5.73 Å². The molecule has 1 aromatic heterocycles. The molecule has 0 radical (unpaired) electrons. The first kappa shape index (κ1) is 13.3. The third-order valence-corrected chi connectivity index (χ3v) is 2.45. The second kappa shape index (κ2) is 5.52. The number of carbonyl (C=O) groups excluding carboxylic acids is 1. The number of methoxy groups -OCH3 is 1. The molecule has 1 aromatic rings. The lowest BCUT2D eigenvalue weighted by Gasteiger charge is -2.27. The molecule has 5 nitrogen and oxygen atoms in total. The molecule has 0 fully saturated rings. The van der Waals surface area contributed by atoms with Crippen LogP contribution in [0, 0.1) is 6.92 Å². The Kier molecular flexibility index (Phi) is 4.31. The summed E-state index contributed by atoms with van der Waals surface area (Å²) in [6, 6.07) is 1.96. The number of ether oxygens (including phenoxy) is 1. The number of hydrogen-bond donors (Lipinski definition) is 1. The number of hydrogen-bond acceptors (Lipinski definition) is 5. The number of nitrogens with zero attached hydrogens (tertiary/aromatic N) is 2. The van der Waals surface area contributed by atoms with Gasteiger partial charge in [-0.2, -0.15) is 0 Å². The zero-order valence-electron chi connectivity index (χ0n) is 10.7. The van der Waals surface area contributed by atoms with E-state index >= 15 is 0 Å². The van der Waals surface area contributed by atoms with E-state index in [-0.39, 0.29) is 18.6 Å². The van der Waals surface area contributed by atoms with Gasteiger partial charge >= 0.3 is 5.97 Å². The molecular formula is C12H19N3O2. The predicted octanol–water partition coefficient (Wildman–Crippen LogP) is 1.36. The molecule has 1 heterocycles. The van der Waals surface area contributed by atoms with Gasteiger partial charge in [-0.1, -0.05) is 0 Å². The van der Waals surface area contributed by atoms with Crippen molar-refractivity contribution in [2.75, 3.05) is 24.3 Å². The van der Waals surface area contributed by atoms with Crippen molar-refractivity contribution in [1.29, 1.82) is 0 Å². The summed E-state index contributed by atoms with van der Waals surface area (Å²) in [6.45, 7) is 6.02. The van der Waals surface area contributed by atoms with Crippen molar-refractivity contribution in [3.63, 3.8) is 0 Å². The van der Waals surface area contributed by atoms with Crippen molar-refractivity contribution < 1.29 is 9.53 Å². The highest BCUT2D eigenvalue weighted by Crippen LogP contribution is 2.22. The number of nitrogen functional groups attached to an aromatic ring is 1. The number of carbonyl (C=O) groups is 1. The van der Waals surface area contributed by atoms with E-state index < -0.39 is 0 Å². The molecule has 0 bridgehead atoms. The van der Waals surface area contributed by atoms with Gasteiger partial charge in [0.05, 0.1) is 12.8 Å². The molecule has 0 aliphatic heterocycles. The first-order chi connectivity index (χ1) is 7.95. The monoisotopic (exact) mass is 237 g/mol. The Bertz CT molecular complexity index is 405. The maximum Gasteiger partial charge on any atom is 0.325 e. The Morgan fingerprint density at radius 2 is 2.24 bits per heavy atom. The maximum atomic E-state index is 11.3. The summed E-state index contributed by atoms with van der Waals surface area (Å²) in [5.74, 6) is 0.316. The highest BCUT2D eigenvalue weighted by atomic mass is 16.5. The number of esters is 1. The van der Waals surface area contributed by atoms with Crippen LogP contribution < -0.4 is 10.6 Å². The minimum atomic E-state index is -0.305. The van der Waals surface area contributed by atoms with Gasteiger partial charge in [-0.25, -0.2) is 4.98 Å². The van der Waals surface area contributed by atoms with Crippen LogP contribution in [0.3, 0.4) is 0 Å². The Morgan fingerprint density at radius 1 is 1.59 bits per heavy atom. The third-order valence-electron chi connectivity index (χ3n) is 2.45. The standard InChI is InChI=1S/C12H19N3O2/c1-8(2)15(7-11(16)17-4)12-10(13)5-9(3)6-14-12/h5-6,8H,7,13H2,1-4H3. The van der Waals surface area contributed by atoms with Crippen molar-refractivity contribution in [3.05, 3.63) is 17.8 Å². The molecule has 1 rings (SSSR count). The number of aromatic nitrogens is 1. The fourth-order valence-corrected chi connectivity index (χ4v) is 1.53. The van der Waals surface area contributed by atoms with Gasteiger partial charge in [-0.15, -0.1) is 0 Å². The molecule has 17 heavy (non-hydrogen) atoms. The van der Waals surface area contributed by atoms with E-state index in [2.05, 4.69) is 9.72 Å². The van der Waals surface area contributed by atoms with Gasteiger partial charge in [0.1, 0.15) is 6.54 Å². The molecule has 0 unspecified atom stereocenters. The van der Waals surface area contributed by atoms with Crippen molar-refractivity contribution in [1.82, 2.24) is 4.98 Å². The lowest BCUT2D eigenvalue weighted by Crippen LogP contribution is -2.37. The van der Waals surface area contributed by atoms with Crippen LogP contribution in [-0.2, 0) is 9.53 Å². The third kappa shape index (κ3) is 3.34. The van der Waals surface area contributed by atoms with Crippen LogP contribution >= 0.6 is 0 Å². The zero-order valence-corrected chi connectivity index (χ0v) is 10.7. The van der Waals surface area contributed by atoms with Crippen molar-refractivity contribution in [2.24, 2.45) is 0 Å². The minimum Gasteiger partial charge on any atom is -0.468 e. The van der Waals surface area contributed by atoms with Gasteiger partial charge in [0.15, 0.2) is 5.82 Å². The summed E-state index contributed by atoms with van der Waals surface area (Å²) in [5.41, 5.74) is 7.49. The molecule has 0 aliphatic carbocycles. The molecule has 0 aromatic carbocycles. The van der Waals surface area contributed by atoms with E-state index in [0.29, 0.717) is 11.5 Å². The summed E-state index contributed by atoms with van der Waals surface area (Å²) in [6.07, 6.45) is 1.73. The average molecular weight is 237 g/mol. The van der Waals surface area contributed by atoms with Crippen molar-refractivity contribution in [3.8, 4) is 0 Å². The van der Waals surface area contributed by atoms with E-state index in [9.17, 15) is 4.79 Å². The number of pyridine rings is 1. The normalized spacial score (nSPS) is 10.4. The molecule has 94 valence electrons. The fraction of sp³-hybridized carbons (Fsp3) is 0.500. The summed E-state index contributed by atoms with van der Waals surface area (Å²) >= 11 is 0. The number of anilines is 2. The lowest BCUT2D eigenvalue weighted by atomic mass is 10.2. The smallest absolute Gasteiger partial charge is 0.325 e. The van der Waals surface area contributed by atoms with Gasteiger partial charge in [-0.05, 0) is 32.4 Å². The van der Waals surface area contributed by atoms with E-state index in [1.165, 1.54) is 7.11 Å². The average Bonchev–Trinajstić information content (AvgIpc) is 2.26. The van der Waals surface area contributed by atoms with Crippen LogP contribution in [0.4, 0.5) is 11.5 Å². The molecule has 2 N–H and O–H groups in total. The molecular weight excluding hydrogens is 218 g/mol. The van der Waals surface area contributed by atoms with E-state index in [1.807, 2.05) is 31.7 Å². The van der Waals surface area contributed by atoms with Crippen LogP contribution in [0.2, 0.25) is 0 Å². The SMILES string of the molecule is COC(=O)CN(c1ncc(C)cc1N)C(C)C. The Hall–Kier alpha value is -1.78. The van der Waals surface area contributed by atoms with Crippen LogP contribution in [0.15, 0.2) is 12.3 Å². The Labute approximate surface area is 102 Å². The molecule has 0 amide bonds. The van der Waals surface area contributed by atoms with Gasteiger partial charge in [-0.3, -0.25) is 4.79 Å². The first-order valence-electron chi connectivity index (χ1n) is 5.51. The number of aryl methyl sites for hydroxylation is 1. The molecule has 0 aliphatic rings. The minimum absolute atomic E-state index is 0.117. The van der Waals surface area contributed by atoms with Gasteiger partial charge < -0.3 is 15.4 Å². The summed E-state index contributed by atoms with van der Waals surface area (Å²) < 4.78 is 4.67. The second-order valence-electron chi connectivity index (χ2n) is 4.22. The molecule has 5 heteroatoms. The summed E-state index contributed by atoms with van der Waals surface area (Å²) in [5, 5.41) is 0. The predicted molar refractivity (Wildman–Crippen MR) is 67.9 cm³/mol. The van der Waals surface area contributed by atoms with Crippen molar-refractivity contribution >= 4 is 17.5 Å². The van der Waals surface area contributed by atoms with Crippen LogP contribution in [0.25, 0.3) is 0 Å². The second-order valence-corrected chi connectivity index (χ2v) is 4.22. The van der Waals surface area contributed by atoms with Gasteiger partial charge in [0.2, 0.25) is 0 Å². The summed E-state index contributed by atoms with van der Waals surface area (Å²) in [7, 11) is 1.37. The molecule has 0 saturated carbocycles. The van der Waals surface area contributed by atoms with Crippen LogP contribution in [0.1, 0.15) is 19.4 Å². The van der Waals surface area contributed by atoms with Crippen molar-refractivity contribution in [2.45, 2.75) is 26.8 Å². The topological polar surface area (TPSA) is 68.5 Å². The fourth-order valence-electron chi connectivity index (χ4n) is 1.53. The largest absolute Gasteiger partial charge is 0.468 e. The maximum absolute atomic E-state index is 11.3. The molecule has 0 spiro atoms. The number of nitrogens with two attached hydrogens (primary N) is 1. The highest BCUT2D eigenvalue weighted by Gasteiger charge is 2.18. The van der Waals surface area contributed by atoms with Gasteiger partial charge in [0.25, 0.3) is 0 Å². The van der Waals surface area contributed by atoms with Crippen LogP contribution in [-0.4, -0.2) is 30.6 Å². The molecule has 0 saturated heterocycles. The lowest BCUT2D eigenvalue weighted by molar-refractivity contribution is -0.139. The van der Waals surface area contributed by atoms with E-state index in [0.717, 1.165) is 5.56 Å². The Morgan fingerprint density at radius 3 is 2.71 bits per heavy atom. The molecule has 0 atom stereocenters. The zero-order chi connectivity index (χ0) is 13.0. The quantitative estimate of drug-likeness (QED) is 0.801. The van der Waals surface area contributed by atoms with Gasteiger partial charge in [0, 0.05) is 12.2 Å². The number of rotatable bonds is 4. The Balaban J connectivity index is 3.01. The van der Waals surface area contributed by atoms with E-state index in [1.54, 1.807) is 6.20 Å². The van der Waals surface area contributed by atoms with Crippen LogP contribution in [0.5, 0.6) is 0 Å². The summed E-state index contributed by atoms with van der Waals surface area (Å²) in [4.78, 5) is 17.4. The highest BCUT2D eigenvalue weighted by molar-refractivity contribution is 5.77. The first-order valence-corrected chi connectivity index (χ1v) is 5.51.